The van der Waals surface area contributed by atoms with Crippen molar-refractivity contribution in [2.24, 2.45) is 0 Å². The molecule has 1 atom stereocenters. The first-order valence-electron chi connectivity index (χ1n) is 4.66. The minimum Gasteiger partial charge on any atom is -0.389 e. The molecule has 1 aliphatic heterocycles. The molecule has 3 heteroatoms. The fraction of sp³-hybridized carbons (Fsp3) is 1.00. The summed E-state index contributed by atoms with van der Waals surface area (Å²) in [5.41, 5.74) is -0.466. The molecule has 0 aromatic heterocycles. The summed E-state index contributed by atoms with van der Waals surface area (Å²) >= 11 is 0. The molecule has 1 rings (SSSR count). The van der Waals surface area contributed by atoms with Crippen molar-refractivity contribution < 1.29 is 9.84 Å². The van der Waals surface area contributed by atoms with Gasteiger partial charge in [-0.05, 0) is 20.3 Å². The van der Waals surface area contributed by atoms with E-state index < -0.39 is 5.60 Å². The maximum absolute atomic E-state index is 9.64. The zero-order valence-corrected chi connectivity index (χ0v) is 8.05. The molecule has 0 radical (unpaired) electrons. The highest BCUT2D eigenvalue weighted by Gasteiger charge is 2.30. The SMILES string of the molecule is CCOCCN1CCC(C)(O)C1. The average molecular weight is 173 g/mol. The van der Waals surface area contributed by atoms with Crippen molar-refractivity contribution in [2.45, 2.75) is 25.9 Å². The Hall–Kier alpha value is -0.120. The number of β-amino-alcohol motifs (C(OH)–C–C–N with tert-alkyl or cyclic N) is 1. The molecular formula is C9H19NO2. The van der Waals surface area contributed by atoms with Crippen molar-refractivity contribution in [1.29, 1.82) is 0 Å². The van der Waals surface area contributed by atoms with Gasteiger partial charge in [0.05, 0.1) is 12.2 Å². The fourth-order valence-corrected chi connectivity index (χ4v) is 1.57. The van der Waals surface area contributed by atoms with Crippen LogP contribution in [0.4, 0.5) is 0 Å². The lowest BCUT2D eigenvalue weighted by Gasteiger charge is -2.18. The van der Waals surface area contributed by atoms with Gasteiger partial charge in [0.25, 0.3) is 0 Å². The van der Waals surface area contributed by atoms with E-state index in [2.05, 4.69) is 4.90 Å². The van der Waals surface area contributed by atoms with Crippen LogP contribution < -0.4 is 0 Å². The minimum absolute atomic E-state index is 0.466. The lowest BCUT2D eigenvalue weighted by atomic mass is 10.1. The van der Waals surface area contributed by atoms with Gasteiger partial charge in [-0.25, -0.2) is 0 Å². The van der Waals surface area contributed by atoms with E-state index in [0.717, 1.165) is 39.3 Å². The first kappa shape index (κ1) is 9.96. The van der Waals surface area contributed by atoms with E-state index in [1.54, 1.807) is 0 Å². The second kappa shape index (κ2) is 4.21. The number of aliphatic hydroxyl groups is 1. The van der Waals surface area contributed by atoms with E-state index in [-0.39, 0.29) is 0 Å². The Labute approximate surface area is 74.3 Å². The maximum atomic E-state index is 9.64. The highest BCUT2D eigenvalue weighted by molar-refractivity contribution is 4.85. The van der Waals surface area contributed by atoms with Gasteiger partial charge >= 0.3 is 0 Å². The third-order valence-corrected chi connectivity index (χ3v) is 2.29. The monoisotopic (exact) mass is 173 g/mol. The Morgan fingerprint density at radius 3 is 2.83 bits per heavy atom. The summed E-state index contributed by atoms with van der Waals surface area (Å²) in [6.07, 6.45) is 0.888. The first-order chi connectivity index (χ1) is 5.64. The van der Waals surface area contributed by atoms with Gasteiger partial charge in [-0.3, -0.25) is 4.90 Å². The van der Waals surface area contributed by atoms with E-state index in [4.69, 9.17) is 4.74 Å². The van der Waals surface area contributed by atoms with Gasteiger partial charge in [0.1, 0.15) is 0 Å². The lowest BCUT2D eigenvalue weighted by molar-refractivity contribution is 0.0613. The third kappa shape index (κ3) is 3.09. The van der Waals surface area contributed by atoms with Crippen LogP contribution in [-0.4, -0.2) is 48.5 Å². The molecule has 0 bridgehead atoms. The molecule has 1 fully saturated rings. The van der Waals surface area contributed by atoms with Crippen LogP contribution in [-0.2, 0) is 4.74 Å². The predicted octanol–water partition coefficient (Wildman–Crippen LogP) is 0.480. The molecule has 0 spiro atoms. The van der Waals surface area contributed by atoms with E-state index >= 15 is 0 Å². The Morgan fingerprint density at radius 1 is 1.58 bits per heavy atom. The summed E-state index contributed by atoms with van der Waals surface area (Å²) < 4.78 is 5.24. The van der Waals surface area contributed by atoms with E-state index in [1.165, 1.54) is 0 Å². The van der Waals surface area contributed by atoms with Crippen LogP contribution in [0.5, 0.6) is 0 Å². The average Bonchev–Trinajstić information content (AvgIpc) is 2.31. The molecule has 1 N–H and O–H groups in total. The molecule has 1 heterocycles. The van der Waals surface area contributed by atoms with Crippen LogP contribution in [0.1, 0.15) is 20.3 Å². The molecule has 3 nitrogen and oxygen atoms in total. The summed E-state index contributed by atoms with van der Waals surface area (Å²) in [6.45, 7) is 8.20. The summed E-state index contributed by atoms with van der Waals surface area (Å²) in [4.78, 5) is 2.25. The summed E-state index contributed by atoms with van der Waals surface area (Å²) in [5.74, 6) is 0. The van der Waals surface area contributed by atoms with Crippen molar-refractivity contribution in [2.75, 3.05) is 32.8 Å². The van der Waals surface area contributed by atoms with E-state index in [1.807, 2.05) is 13.8 Å². The number of hydrogen-bond acceptors (Lipinski definition) is 3. The Bertz CT molecular complexity index is 136. The van der Waals surface area contributed by atoms with E-state index in [9.17, 15) is 5.11 Å². The number of hydrogen-bond donors (Lipinski definition) is 1. The summed E-state index contributed by atoms with van der Waals surface area (Å²) in [7, 11) is 0. The quantitative estimate of drug-likeness (QED) is 0.628. The van der Waals surface area contributed by atoms with Gasteiger partial charge in [-0.1, -0.05) is 0 Å². The van der Waals surface area contributed by atoms with Gasteiger partial charge < -0.3 is 9.84 Å². The molecule has 0 saturated carbocycles. The number of likely N-dealkylation sites (tertiary alicyclic amines) is 1. The molecule has 1 aliphatic rings. The van der Waals surface area contributed by atoms with Gasteiger partial charge in [-0.15, -0.1) is 0 Å². The standard InChI is InChI=1S/C9H19NO2/c1-3-12-7-6-10-5-4-9(2,11)8-10/h11H,3-8H2,1-2H3. The van der Waals surface area contributed by atoms with Crippen LogP contribution in [0, 0.1) is 0 Å². The fourth-order valence-electron chi connectivity index (χ4n) is 1.57. The third-order valence-electron chi connectivity index (χ3n) is 2.29. The molecule has 72 valence electrons. The molecule has 0 aromatic carbocycles. The largest absolute Gasteiger partial charge is 0.389 e. The van der Waals surface area contributed by atoms with Gasteiger partial charge in [0.15, 0.2) is 0 Å². The molecule has 0 aliphatic carbocycles. The summed E-state index contributed by atoms with van der Waals surface area (Å²) in [6, 6.07) is 0. The molecular weight excluding hydrogens is 154 g/mol. The maximum Gasteiger partial charge on any atom is 0.0758 e. The van der Waals surface area contributed by atoms with Crippen molar-refractivity contribution in [3.8, 4) is 0 Å². The predicted molar refractivity (Wildman–Crippen MR) is 48.2 cm³/mol. The van der Waals surface area contributed by atoms with Gasteiger partial charge in [0.2, 0.25) is 0 Å². The Kier molecular flexibility index (Phi) is 3.50. The van der Waals surface area contributed by atoms with Crippen LogP contribution in [0.15, 0.2) is 0 Å². The lowest BCUT2D eigenvalue weighted by Crippen LogP contribution is -2.31. The number of nitrogens with zero attached hydrogens (tertiary/aromatic N) is 1. The first-order valence-corrected chi connectivity index (χ1v) is 4.66. The highest BCUT2D eigenvalue weighted by atomic mass is 16.5. The van der Waals surface area contributed by atoms with Crippen LogP contribution in [0.3, 0.4) is 0 Å². The molecule has 1 unspecified atom stereocenters. The van der Waals surface area contributed by atoms with Gasteiger partial charge in [0, 0.05) is 26.2 Å². The van der Waals surface area contributed by atoms with Gasteiger partial charge in [-0.2, -0.15) is 0 Å². The molecule has 0 aromatic rings. The number of ether oxygens (including phenoxy) is 1. The zero-order valence-electron chi connectivity index (χ0n) is 8.05. The topological polar surface area (TPSA) is 32.7 Å². The second-order valence-electron chi connectivity index (χ2n) is 3.72. The van der Waals surface area contributed by atoms with Crippen molar-refractivity contribution in [1.82, 2.24) is 4.90 Å². The van der Waals surface area contributed by atoms with E-state index in [0.29, 0.717) is 0 Å². The second-order valence-corrected chi connectivity index (χ2v) is 3.72. The van der Waals surface area contributed by atoms with Crippen molar-refractivity contribution in [3.63, 3.8) is 0 Å². The van der Waals surface area contributed by atoms with Crippen LogP contribution in [0.2, 0.25) is 0 Å². The zero-order chi connectivity index (χ0) is 9.03. The molecule has 1 saturated heterocycles. The Balaban J connectivity index is 2.11. The molecule has 0 amide bonds. The highest BCUT2D eigenvalue weighted by Crippen LogP contribution is 2.19. The Morgan fingerprint density at radius 2 is 2.33 bits per heavy atom. The normalized spacial score (nSPS) is 31.2. The molecule has 12 heavy (non-hydrogen) atoms. The van der Waals surface area contributed by atoms with Crippen LogP contribution >= 0.6 is 0 Å². The number of rotatable bonds is 4. The van der Waals surface area contributed by atoms with Crippen molar-refractivity contribution >= 4 is 0 Å². The van der Waals surface area contributed by atoms with Crippen molar-refractivity contribution in [3.05, 3.63) is 0 Å². The smallest absolute Gasteiger partial charge is 0.0758 e. The summed E-state index contributed by atoms with van der Waals surface area (Å²) in [5, 5.41) is 9.64. The minimum atomic E-state index is -0.466. The van der Waals surface area contributed by atoms with Crippen LogP contribution in [0.25, 0.3) is 0 Å².